The summed E-state index contributed by atoms with van der Waals surface area (Å²) in [5, 5.41) is 9.15. The Morgan fingerprint density at radius 2 is 2.40 bits per heavy atom. The van der Waals surface area contributed by atoms with Gasteiger partial charge in [-0.05, 0) is 13.0 Å². The van der Waals surface area contributed by atoms with Crippen LogP contribution >= 0.6 is 0 Å². The van der Waals surface area contributed by atoms with E-state index in [2.05, 4.69) is 4.98 Å². The molecule has 1 heterocycles. The molecule has 0 aliphatic rings. The van der Waals surface area contributed by atoms with Crippen LogP contribution in [0.15, 0.2) is 18.5 Å². The zero-order chi connectivity index (χ0) is 11.4. The molecule has 1 atom stereocenters. The standard InChI is InChI=1S/C10H15N3O2/c1-7(14)6-13(2)10(15)8-3-4-12-5-9(8)11/h3-5,7,14H,6,11H2,1-2H3. The van der Waals surface area contributed by atoms with Crippen LogP contribution in [0.25, 0.3) is 0 Å². The number of anilines is 1. The average molecular weight is 209 g/mol. The van der Waals surface area contributed by atoms with Gasteiger partial charge in [-0.2, -0.15) is 0 Å². The molecule has 0 radical (unpaired) electrons. The molecule has 0 spiro atoms. The molecule has 1 rings (SSSR count). The van der Waals surface area contributed by atoms with Gasteiger partial charge in [0.25, 0.3) is 5.91 Å². The Morgan fingerprint density at radius 1 is 1.73 bits per heavy atom. The Morgan fingerprint density at radius 3 is 2.93 bits per heavy atom. The number of nitrogen functional groups attached to an aromatic ring is 1. The van der Waals surface area contributed by atoms with Crippen molar-refractivity contribution in [3.05, 3.63) is 24.0 Å². The van der Waals surface area contributed by atoms with Gasteiger partial charge in [0, 0.05) is 19.8 Å². The second kappa shape index (κ2) is 4.75. The molecule has 0 aliphatic heterocycles. The van der Waals surface area contributed by atoms with Gasteiger partial charge >= 0.3 is 0 Å². The van der Waals surface area contributed by atoms with Gasteiger partial charge in [0.05, 0.1) is 23.6 Å². The Kier molecular flexibility index (Phi) is 3.62. The van der Waals surface area contributed by atoms with Crippen LogP contribution in [-0.4, -0.2) is 40.6 Å². The number of aliphatic hydroxyl groups is 1. The van der Waals surface area contributed by atoms with E-state index < -0.39 is 6.10 Å². The predicted octanol–water partition coefficient (Wildman–Crippen LogP) is 0.117. The molecule has 0 aromatic carbocycles. The molecule has 5 nitrogen and oxygen atoms in total. The molecule has 0 aliphatic carbocycles. The van der Waals surface area contributed by atoms with Crippen molar-refractivity contribution >= 4 is 11.6 Å². The number of aromatic nitrogens is 1. The van der Waals surface area contributed by atoms with Gasteiger partial charge < -0.3 is 15.7 Å². The van der Waals surface area contributed by atoms with E-state index >= 15 is 0 Å². The Hall–Kier alpha value is -1.62. The Bertz CT molecular complexity index is 352. The summed E-state index contributed by atoms with van der Waals surface area (Å²) in [6.45, 7) is 1.90. The van der Waals surface area contributed by atoms with E-state index in [0.29, 0.717) is 11.3 Å². The summed E-state index contributed by atoms with van der Waals surface area (Å²) >= 11 is 0. The van der Waals surface area contributed by atoms with Crippen LogP contribution in [-0.2, 0) is 0 Å². The summed E-state index contributed by atoms with van der Waals surface area (Å²) in [5.74, 6) is -0.212. The summed E-state index contributed by atoms with van der Waals surface area (Å²) in [6, 6.07) is 1.57. The number of aliphatic hydroxyl groups excluding tert-OH is 1. The maximum Gasteiger partial charge on any atom is 0.255 e. The predicted molar refractivity (Wildman–Crippen MR) is 57.3 cm³/mol. The molecule has 1 amide bonds. The molecular formula is C10H15N3O2. The minimum Gasteiger partial charge on any atom is -0.397 e. The molecule has 1 aromatic rings. The number of pyridine rings is 1. The monoisotopic (exact) mass is 209 g/mol. The average Bonchev–Trinajstić information content (AvgIpc) is 2.16. The normalized spacial score (nSPS) is 12.2. The van der Waals surface area contributed by atoms with Crippen LogP contribution in [0.3, 0.4) is 0 Å². The lowest BCUT2D eigenvalue weighted by atomic mass is 10.2. The largest absolute Gasteiger partial charge is 0.397 e. The third kappa shape index (κ3) is 2.92. The topological polar surface area (TPSA) is 79.5 Å². The Labute approximate surface area is 88.5 Å². The number of amides is 1. The third-order valence-electron chi connectivity index (χ3n) is 1.97. The number of carbonyl (C=O) groups excluding carboxylic acids is 1. The maximum atomic E-state index is 11.8. The van der Waals surface area contributed by atoms with E-state index in [4.69, 9.17) is 10.8 Å². The zero-order valence-electron chi connectivity index (χ0n) is 8.84. The molecule has 1 aromatic heterocycles. The van der Waals surface area contributed by atoms with Crippen molar-refractivity contribution in [1.82, 2.24) is 9.88 Å². The van der Waals surface area contributed by atoms with Gasteiger partial charge in [0.1, 0.15) is 0 Å². The van der Waals surface area contributed by atoms with Crippen LogP contribution in [0.4, 0.5) is 5.69 Å². The molecule has 1 unspecified atom stereocenters. The molecule has 15 heavy (non-hydrogen) atoms. The van der Waals surface area contributed by atoms with Crippen molar-refractivity contribution in [2.45, 2.75) is 13.0 Å². The maximum absolute atomic E-state index is 11.8. The first kappa shape index (κ1) is 11.5. The summed E-state index contributed by atoms with van der Waals surface area (Å²) in [5.41, 5.74) is 6.38. The lowest BCUT2D eigenvalue weighted by Gasteiger charge is -2.19. The van der Waals surface area contributed by atoms with Crippen molar-refractivity contribution < 1.29 is 9.90 Å². The lowest BCUT2D eigenvalue weighted by molar-refractivity contribution is 0.0704. The molecule has 0 saturated heterocycles. The van der Waals surface area contributed by atoms with Crippen molar-refractivity contribution in [2.75, 3.05) is 19.3 Å². The van der Waals surface area contributed by atoms with E-state index in [1.165, 1.54) is 17.3 Å². The number of nitrogens with two attached hydrogens (primary N) is 1. The second-order valence-electron chi connectivity index (χ2n) is 3.50. The van der Waals surface area contributed by atoms with Gasteiger partial charge in [-0.25, -0.2) is 0 Å². The van der Waals surface area contributed by atoms with Crippen molar-refractivity contribution in [1.29, 1.82) is 0 Å². The second-order valence-corrected chi connectivity index (χ2v) is 3.50. The van der Waals surface area contributed by atoms with Crippen LogP contribution in [0, 0.1) is 0 Å². The highest BCUT2D eigenvalue weighted by Gasteiger charge is 2.15. The highest BCUT2D eigenvalue weighted by atomic mass is 16.3. The molecule has 0 fully saturated rings. The van der Waals surface area contributed by atoms with E-state index in [-0.39, 0.29) is 12.5 Å². The molecule has 3 N–H and O–H groups in total. The molecule has 0 saturated carbocycles. The van der Waals surface area contributed by atoms with E-state index in [9.17, 15) is 4.79 Å². The van der Waals surface area contributed by atoms with E-state index in [0.717, 1.165) is 0 Å². The smallest absolute Gasteiger partial charge is 0.255 e. The first-order valence-corrected chi connectivity index (χ1v) is 4.65. The van der Waals surface area contributed by atoms with Crippen LogP contribution < -0.4 is 5.73 Å². The Balaban J connectivity index is 2.81. The number of hydrogen-bond acceptors (Lipinski definition) is 4. The van der Waals surface area contributed by atoms with Gasteiger partial charge in [-0.3, -0.25) is 9.78 Å². The number of likely N-dealkylation sites (N-methyl/N-ethyl adjacent to an activating group) is 1. The fourth-order valence-electron chi connectivity index (χ4n) is 1.29. The van der Waals surface area contributed by atoms with Crippen molar-refractivity contribution in [2.24, 2.45) is 0 Å². The highest BCUT2D eigenvalue weighted by molar-refractivity contribution is 5.98. The van der Waals surface area contributed by atoms with Crippen molar-refractivity contribution in [3.63, 3.8) is 0 Å². The lowest BCUT2D eigenvalue weighted by Crippen LogP contribution is -2.33. The first-order valence-electron chi connectivity index (χ1n) is 4.65. The summed E-state index contributed by atoms with van der Waals surface area (Å²) < 4.78 is 0. The fraction of sp³-hybridized carbons (Fsp3) is 0.400. The van der Waals surface area contributed by atoms with Crippen LogP contribution in [0.1, 0.15) is 17.3 Å². The summed E-state index contributed by atoms with van der Waals surface area (Å²) in [7, 11) is 1.62. The number of rotatable bonds is 3. The first-order chi connectivity index (χ1) is 7.02. The minimum absolute atomic E-state index is 0.212. The summed E-state index contributed by atoms with van der Waals surface area (Å²) in [6.07, 6.45) is 2.39. The molecule has 82 valence electrons. The van der Waals surface area contributed by atoms with E-state index in [1.807, 2.05) is 0 Å². The number of nitrogens with zero attached hydrogens (tertiary/aromatic N) is 2. The molecule has 5 heteroatoms. The molecule has 0 bridgehead atoms. The SMILES string of the molecule is CC(O)CN(C)C(=O)c1ccncc1N. The third-order valence-corrected chi connectivity index (χ3v) is 1.97. The van der Waals surface area contributed by atoms with Gasteiger partial charge in [-0.1, -0.05) is 0 Å². The van der Waals surface area contributed by atoms with Crippen LogP contribution in [0.5, 0.6) is 0 Å². The fourth-order valence-corrected chi connectivity index (χ4v) is 1.29. The number of hydrogen-bond donors (Lipinski definition) is 2. The van der Waals surface area contributed by atoms with E-state index in [1.54, 1.807) is 20.0 Å². The quantitative estimate of drug-likeness (QED) is 0.740. The minimum atomic E-state index is -0.554. The van der Waals surface area contributed by atoms with Crippen molar-refractivity contribution in [3.8, 4) is 0 Å². The molecular weight excluding hydrogens is 194 g/mol. The van der Waals surface area contributed by atoms with Crippen LogP contribution in [0.2, 0.25) is 0 Å². The number of carbonyl (C=O) groups is 1. The van der Waals surface area contributed by atoms with Gasteiger partial charge in [-0.15, -0.1) is 0 Å². The highest BCUT2D eigenvalue weighted by Crippen LogP contribution is 2.11. The zero-order valence-corrected chi connectivity index (χ0v) is 8.84. The van der Waals surface area contributed by atoms with Gasteiger partial charge in [0.15, 0.2) is 0 Å². The van der Waals surface area contributed by atoms with Gasteiger partial charge in [0.2, 0.25) is 0 Å². The summed E-state index contributed by atoms with van der Waals surface area (Å²) in [4.78, 5) is 17.0.